The molecular formula is C12H14N4OS. The van der Waals surface area contributed by atoms with Gasteiger partial charge in [0.15, 0.2) is 0 Å². The van der Waals surface area contributed by atoms with Crippen molar-refractivity contribution in [2.45, 2.75) is 19.5 Å². The molecule has 1 heterocycles. The molecule has 0 saturated heterocycles. The average Bonchev–Trinajstić information content (AvgIpc) is 2.85. The fourth-order valence-electron chi connectivity index (χ4n) is 1.35. The zero-order valence-corrected chi connectivity index (χ0v) is 10.8. The van der Waals surface area contributed by atoms with Crippen LogP contribution in [0.2, 0.25) is 0 Å². The number of aromatic nitrogens is 2. The highest BCUT2D eigenvalue weighted by molar-refractivity contribution is 7.14. The van der Waals surface area contributed by atoms with Crippen LogP contribution in [0.5, 0.6) is 0 Å². The number of rotatable bonds is 4. The lowest BCUT2D eigenvalue weighted by Crippen LogP contribution is -2.37. The fourth-order valence-corrected chi connectivity index (χ4v) is 2.13. The molecule has 0 aliphatic rings. The van der Waals surface area contributed by atoms with Crippen molar-refractivity contribution in [2.75, 3.05) is 0 Å². The first-order chi connectivity index (χ1) is 8.66. The Bertz CT molecular complexity index is 524. The molecule has 1 amide bonds. The Morgan fingerprint density at radius 1 is 1.39 bits per heavy atom. The third kappa shape index (κ3) is 3.12. The molecule has 0 fully saturated rings. The molecule has 0 radical (unpaired) electrons. The van der Waals surface area contributed by atoms with Crippen LogP contribution in [0.3, 0.4) is 0 Å². The van der Waals surface area contributed by atoms with Gasteiger partial charge in [-0.2, -0.15) is 0 Å². The third-order valence-corrected chi connectivity index (χ3v) is 3.29. The van der Waals surface area contributed by atoms with Gasteiger partial charge in [-0.05, 0) is 6.92 Å². The lowest BCUT2D eigenvalue weighted by molar-refractivity contribution is -0.122. The molecule has 0 aliphatic carbocycles. The van der Waals surface area contributed by atoms with Crippen LogP contribution in [0.25, 0.3) is 10.6 Å². The number of benzene rings is 1. The van der Waals surface area contributed by atoms with Gasteiger partial charge in [0.05, 0.1) is 12.6 Å². The van der Waals surface area contributed by atoms with Gasteiger partial charge >= 0.3 is 0 Å². The molecule has 0 bridgehead atoms. The van der Waals surface area contributed by atoms with Crippen molar-refractivity contribution >= 4 is 17.2 Å². The van der Waals surface area contributed by atoms with E-state index >= 15 is 0 Å². The Labute approximate surface area is 109 Å². The molecule has 5 nitrogen and oxygen atoms in total. The smallest absolute Gasteiger partial charge is 0.236 e. The molecular weight excluding hydrogens is 248 g/mol. The molecule has 0 saturated carbocycles. The molecule has 2 rings (SSSR count). The molecule has 2 aromatic rings. The van der Waals surface area contributed by atoms with Crippen LogP contribution in [0.4, 0.5) is 0 Å². The van der Waals surface area contributed by atoms with Crippen LogP contribution in [-0.4, -0.2) is 22.1 Å². The van der Waals surface area contributed by atoms with Crippen molar-refractivity contribution < 1.29 is 4.79 Å². The molecule has 1 aromatic carbocycles. The van der Waals surface area contributed by atoms with E-state index in [9.17, 15) is 4.79 Å². The van der Waals surface area contributed by atoms with E-state index in [1.54, 1.807) is 6.92 Å². The molecule has 94 valence electrons. The zero-order chi connectivity index (χ0) is 13.0. The lowest BCUT2D eigenvalue weighted by atomic mass is 10.2. The molecule has 1 aromatic heterocycles. The van der Waals surface area contributed by atoms with Gasteiger partial charge < -0.3 is 11.1 Å². The fraction of sp³-hybridized carbons (Fsp3) is 0.250. The Morgan fingerprint density at radius 2 is 2.11 bits per heavy atom. The quantitative estimate of drug-likeness (QED) is 0.866. The van der Waals surface area contributed by atoms with E-state index in [0.29, 0.717) is 6.54 Å². The minimum atomic E-state index is -0.508. The first kappa shape index (κ1) is 12.7. The second-order valence-corrected chi connectivity index (χ2v) is 4.94. The zero-order valence-electron chi connectivity index (χ0n) is 9.96. The van der Waals surface area contributed by atoms with Crippen LogP contribution in [0.15, 0.2) is 30.3 Å². The van der Waals surface area contributed by atoms with Crippen molar-refractivity contribution in [2.24, 2.45) is 5.73 Å². The first-order valence-corrected chi connectivity index (χ1v) is 6.39. The lowest BCUT2D eigenvalue weighted by Gasteiger charge is -2.04. The second kappa shape index (κ2) is 5.70. The van der Waals surface area contributed by atoms with Crippen LogP contribution < -0.4 is 11.1 Å². The first-order valence-electron chi connectivity index (χ1n) is 5.58. The average molecular weight is 262 g/mol. The predicted molar refractivity (Wildman–Crippen MR) is 70.8 cm³/mol. The van der Waals surface area contributed by atoms with E-state index < -0.39 is 6.04 Å². The van der Waals surface area contributed by atoms with Crippen LogP contribution in [-0.2, 0) is 11.3 Å². The van der Waals surface area contributed by atoms with Gasteiger partial charge in [-0.1, -0.05) is 41.7 Å². The van der Waals surface area contributed by atoms with Crippen molar-refractivity contribution in [3.05, 3.63) is 35.3 Å². The summed E-state index contributed by atoms with van der Waals surface area (Å²) in [6.07, 6.45) is 0. The van der Waals surface area contributed by atoms with Gasteiger partial charge in [0.1, 0.15) is 10.0 Å². The number of amides is 1. The number of carbonyl (C=O) groups is 1. The maximum Gasteiger partial charge on any atom is 0.236 e. The highest BCUT2D eigenvalue weighted by atomic mass is 32.1. The topological polar surface area (TPSA) is 80.9 Å². The summed E-state index contributed by atoms with van der Waals surface area (Å²) < 4.78 is 0. The van der Waals surface area contributed by atoms with Gasteiger partial charge in [0.25, 0.3) is 0 Å². The van der Waals surface area contributed by atoms with E-state index in [1.165, 1.54) is 11.3 Å². The number of hydrogen-bond donors (Lipinski definition) is 2. The van der Waals surface area contributed by atoms with E-state index in [2.05, 4.69) is 15.5 Å². The summed E-state index contributed by atoms with van der Waals surface area (Å²) in [5.41, 5.74) is 6.48. The Morgan fingerprint density at radius 3 is 2.78 bits per heavy atom. The standard InChI is InChI=1S/C12H14N4OS/c1-8(13)11(17)14-7-10-15-16-12(18-10)9-5-3-2-4-6-9/h2-6,8H,7,13H2,1H3,(H,14,17)/t8-/m0/s1. The van der Waals surface area contributed by atoms with Crippen LogP contribution in [0.1, 0.15) is 11.9 Å². The van der Waals surface area contributed by atoms with Crippen molar-refractivity contribution in [3.8, 4) is 10.6 Å². The molecule has 3 N–H and O–H groups in total. The molecule has 0 aliphatic heterocycles. The third-order valence-electron chi connectivity index (χ3n) is 2.31. The predicted octanol–water partition coefficient (Wildman–Crippen LogP) is 1.17. The summed E-state index contributed by atoms with van der Waals surface area (Å²) in [5, 5.41) is 12.5. The summed E-state index contributed by atoms with van der Waals surface area (Å²) in [4.78, 5) is 11.3. The van der Waals surface area contributed by atoms with Crippen molar-refractivity contribution in [3.63, 3.8) is 0 Å². The molecule has 6 heteroatoms. The van der Waals surface area contributed by atoms with Gasteiger partial charge in [0.2, 0.25) is 5.91 Å². The SMILES string of the molecule is C[C@H](N)C(=O)NCc1nnc(-c2ccccc2)s1. The van der Waals surface area contributed by atoms with Crippen LogP contribution >= 0.6 is 11.3 Å². The Kier molecular flexibility index (Phi) is 4.01. The number of nitrogens with one attached hydrogen (secondary N) is 1. The maximum atomic E-state index is 11.3. The summed E-state index contributed by atoms with van der Waals surface area (Å²) in [5.74, 6) is -0.188. The van der Waals surface area contributed by atoms with Gasteiger partial charge in [-0.15, -0.1) is 10.2 Å². The van der Waals surface area contributed by atoms with E-state index in [0.717, 1.165) is 15.6 Å². The highest BCUT2D eigenvalue weighted by Gasteiger charge is 2.09. The number of nitrogens with two attached hydrogens (primary N) is 1. The Balaban J connectivity index is 2.01. The monoisotopic (exact) mass is 262 g/mol. The van der Waals surface area contributed by atoms with E-state index in [1.807, 2.05) is 30.3 Å². The minimum absolute atomic E-state index is 0.188. The molecule has 1 atom stereocenters. The van der Waals surface area contributed by atoms with Crippen molar-refractivity contribution in [1.29, 1.82) is 0 Å². The summed E-state index contributed by atoms with van der Waals surface area (Å²) in [6, 6.07) is 9.30. The molecule has 0 unspecified atom stereocenters. The second-order valence-electron chi connectivity index (χ2n) is 3.87. The number of nitrogens with zero attached hydrogens (tertiary/aromatic N) is 2. The Hall–Kier alpha value is -1.79. The molecule has 18 heavy (non-hydrogen) atoms. The largest absolute Gasteiger partial charge is 0.348 e. The van der Waals surface area contributed by atoms with Crippen molar-refractivity contribution in [1.82, 2.24) is 15.5 Å². The number of carbonyl (C=O) groups excluding carboxylic acids is 1. The summed E-state index contributed by atoms with van der Waals surface area (Å²) in [6.45, 7) is 2.01. The van der Waals surface area contributed by atoms with Crippen LogP contribution in [0, 0.1) is 0 Å². The summed E-state index contributed by atoms with van der Waals surface area (Å²) in [7, 11) is 0. The van der Waals surface area contributed by atoms with E-state index in [-0.39, 0.29) is 5.91 Å². The van der Waals surface area contributed by atoms with E-state index in [4.69, 9.17) is 5.73 Å². The number of hydrogen-bond acceptors (Lipinski definition) is 5. The van der Waals surface area contributed by atoms with Gasteiger partial charge in [-0.3, -0.25) is 4.79 Å². The summed E-state index contributed by atoms with van der Waals surface area (Å²) >= 11 is 1.46. The molecule has 0 spiro atoms. The van der Waals surface area contributed by atoms with Gasteiger partial charge in [0, 0.05) is 5.56 Å². The highest BCUT2D eigenvalue weighted by Crippen LogP contribution is 2.22. The maximum absolute atomic E-state index is 11.3. The van der Waals surface area contributed by atoms with Gasteiger partial charge in [-0.25, -0.2) is 0 Å². The normalized spacial score (nSPS) is 12.1. The minimum Gasteiger partial charge on any atom is -0.348 e.